The van der Waals surface area contributed by atoms with Crippen LogP contribution in [0.3, 0.4) is 0 Å². The fourth-order valence-electron chi connectivity index (χ4n) is 2.09. The van der Waals surface area contributed by atoms with Gasteiger partial charge in [-0.1, -0.05) is 43.5 Å². The van der Waals surface area contributed by atoms with E-state index in [1.54, 1.807) is 30.4 Å². The molecule has 0 amide bonds. The highest BCUT2D eigenvalue weighted by atomic mass is 16.5. The van der Waals surface area contributed by atoms with E-state index in [4.69, 9.17) is 4.74 Å². The van der Waals surface area contributed by atoms with Crippen LogP contribution < -0.4 is 4.74 Å². The molecule has 0 spiro atoms. The zero-order chi connectivity index (χ0) is 14.6. The van der Waals surface area contributed by atoms with Crippen molar-refractivity contribution in [2.24, 2.45) is 0 Å². The van der Waals surface area contributed by atoms with Gasteiger partial charge in [-0.3, -0.25) is 0 Å². The van der Waals surface area contributed by atoms with E-state index in [1.807, 2.05) is 37.3 Å². The van der Waals surface area contributed by atoms with Crippen LogP contribution in [0.2, 0.25) is 0 Å². The molecule has 0 saturated carbocycles. The number of benzene rings is 2. The Labute approximate surface area is 119 Å². The maximum atomic E-state index is 9.47. The van der Waals surface area contributed by atoms with Gasteiger partial charge in [0.1, 0.15) is 11.5 Å². The predicted molar refractivity (Wildman–Crippen MR) is 82.0 cm³/mol. The predicted octanol–water partition coefficient (Wildman–Crippen LogP) is 4.35. The Morgan fingerprint density at radius 1 is 1.05 bits per heavy atom. The molecule has 0 heterocycles. The number of aromatic hydroxyl groups is 1. The fraction of sp³-hybridized carbons (Fsp3) is 0.111. The SMILES string of the molecule is C=CC(C=C)(Oc1ccc(O)cc1C)c1ccccc1. The summed E-state index contributed by atoms with van der Waals surface area (Å²) < 4.78 is 6.13. The van der Waals surface area contributed by atoms with E-state index in [2.05, 4.69) is 13.2 Å². The zero-order valence-corrected chi connectivity index (χ0v) is 11.5. The van der Waals surface area contributed by atoms with E-state index in [0.29, 0.717) is 5.75 Å². The average molecular weight is 266 g/mol. The Kier molecular flexibility index (Phi) is 3.94. The van der Waals surface area contributed by atoms with Crippen molar-refractivity contribution >= 4 is 0 Å². The Morgan fingerprint density at radius 2 is 1.70 bits per heavy atom. The van der Waals surface area contributed by atoms with E-state index in [1.165, 1.54) is 0 Å². The lowest BCUT2D eigenvalue weighted by Gasteiger charge is -2.29. The highest BCUT2D eigenvalue weighted by Crippen LogP contribution is 2.33. The Balaban J connectivity index is 2.44. The van der Waals surface area contributed by atoms with Crippen molar-refractivity contribution in [1.82, 2.24) is 0 Å². The van der Waals surface area contributed by atoms with Gasteiger partial charge in [0.2, 0.25) is 0 Å². The van der Waals surface area contributed by atoms with Crippen LogP contribution in [0.1, 0.15) is 11.1 Å². The quantitative estimate of drug-likeness (QED) is 0.815. The summed E-state index contributed by atoms with van der Waals surface area (Å²) in [5, 5.41) is 9.47. The third kappa shape index (κ3) is 2.59. The van der Waals surface area contributed by atoms with Crippen molar-refractivity contribution in [1.29, 1.82) is 0 Å². The lowest BCUT2D eigenvalue weighted by Crippen LogP contribution is -2.28. The molecule has 0 bridgehead atoms. The normalized spacial score (nSPS) is 10.8. The molecule has 20 heavy (non-hydrogen) atoms. The van der Waals surface area contributed by atoms with E-state index < -0.39 is 5.60 Å². The number of phenolic OH excluding ortho intramolecular Hbond substituents is 1. The molecular weight excluding hydrogens is 248 g/mol. The number of ether oxygens (including phenoxy) is 1. The number of rotatable bonds is 5. The molecular formula is C18H18O2. The van der Waals surface area contributed by atoms with Gasteiger partial charge < -0.3 is 9.84 Å². The third-order valence-corrected chi connectivity index (χ3v) is 3.27. The van der Waals surface area contributed by atoms with Crippen LogP contribution in [0.5, 0.6) is 11.5 Å². The fourth-order valence-corrected chi connectivity index (χ4v) is 2.09. The summed E-state index contributed by atoms with van der Waals surface area (Å²) in [6.07, 6.45) is 3.45. The van der Waals surface area contributed by atoms with E-state index in [-0.39, 0.29) is 5.75 Å². The molecule has 1 N–H and O–H groups in total. The van der Waals surface area contributed by atoms with E-state index >= 15 is 0 Å². The standard InChI is InChI=1S/C18H18O2/c1-4-18(5-2,15-9-7-6-8-10-15)20-17-12-11-16(19)13-14(17)3/h4-13,19H,1-2H2,3H3. The van der Waals surface area contributed by atoms with Gasteiger partial charge in [0, 0.05) is 5.56 Å². The Hall–Kier alpha value is -2.48. The number of hydrogen-bond donors (Lipinski definition) is 1. The first-order chi connectivity index (χ1) is 9.61. The number of aryl methyl sites for hydroxylation is 1. The molecule has 0 aliphatic rings. The lowest BCUT2D eigenvalue weighted by molar-refractivity contribution is 0.172. The summed E-state index contributed by atoms with van der Waals surface area (Å²) >= 11 is 0. The summed E-state index contributed by atoms with van der Waals surface area (Å²) in [5.74, 6) is 0.906. The first-order valence-corrected chi connectivity index (χ1v) is 6.42. The molecule has 0 unspecified atom stereocenters. The summed E-state index contributed by atoms with van der Waals surface area (Å²) in [6, 6.07) is 14.8. The highest BCUT2D eigenvalue weighted by molar-refractivity contribution is 5.42. The minimum Gasteiger partial charge on any atom is -0.508 e. The van der Waals surface area contributed by atoms with Crippen molar-refractivity contribution in [3.05, 3.63) is 85.0 Å². The minimum atomic E-state index is -0.789. The van der Waals surface area contributed by atoms with Gasteiger partial charge in [-0.2, -0.15) is 0 Å². The molecule has 2 aromatic rings. The lowest BCUT2D eigenvalue weighted by atomic mass is 9.93. The summed E-state index contributed by atoms with van der Waals surface area (Å²) in [7, 11) is 0. The highest BCUT2D eigenvalue weighted by Gasteiger charge is 2.27. The van der Waals surface area contributed by atoms with Gasteiger partial charge in [0.15, 0.2) is 5.60 Å². The maximum absolute atomic E-state index is 9.47. The molecule has 102 valence electrons. The first-order valence-electron chi connectivity index (χ1n) is 6.42. The van der Waals surface area contributed by atoms with Crippen molar-refractivity contribution in [2.75, 3.05) is 0 Å². The van der Waals surface area contributed by atoms with Crippen LogP contribution in [-0.4, -0.2) is 5.11 Å². The monoisotopic (exact) mass is 266 g/mol. The second-order valence-corrected chi connectivity index (χ2v) is 4.62. The topological polar surface area (TPSA) is 29.5 Å². The van der Waals surface area contributed by atoms with Gasteiger partial charge in [0.05, 0.1) is 0 Å². The first kappa shape index (κ1) is 13.9. The Bertz CT molecular complexity index is 607. The van der Waals surface area contributed by atoms with Crippen LogP contribution in [0.25, 0.3) is 0 Å². The van der Waals surface area contributed by atoms with Gasteiger partial charge in [-0.15, -0.1) is 0 Å². The van der Waals surface area contributed by atoms with E-state index in [0.717, 1.165) is 11.1 Å². The smallest absolute Gasteiger partial charge is 0.170 e. The van der Waals surface area contributed by atoms with Gasteiger partial charge in [-0.25, -0.2) is 0 Å². The van der Waals surface area contributed by atoms with Crippen LogP contribution in [0.15, 0.2) is 73.8 Å². The molecule has 2 aromatic carbocycles. The van der Waals surface area contributed by atoms with Gasteiger partial charge in [-0.05, 0) is 42.8 Å². The largest absolute Gasteiger partial charge is 0.508 e. The molecule has 2 heteroatoms. The molecule has 0 aliphatic carbocycles. The zero-order valence-electron chi connectivity index (χ0n) is 11.5. The third-order valence-electron chi connectivity index (χ3n) is 3.27. The van der Waals surface area contributed by atoms with Crippen LogP contribution >= 0.6 is 0 Å². The molecule has 0 radical (unpaired) electrons. The molecule has 0 fully saturated rings. The number of phenols is 1. The van der Waals surface area contributed by atoms with E-state index in [9.17, 15) is 5.11 Å². The van der Waals surface area contributed by atoms with Crippen molar-refractivity contribution in [3.63, 3.8) is 0 Å². The summed E-state index contributed by atoms with van der Waals surface area (Å²) in [4.78, 5) is 0. The average Bonchev–Trinajstić information content (AvgIpc) is 2.48. The van der Waals surface area contributed by atoms with Crippen molar-refractivity contribution in [2.45, 2.75) is 12.5 Å². The van der Waals surface area contributed by atoms with Gasteiger partial charge >= 0.3 is 0 Å². The van der Waals surface area contributed by atoms with Gasteiger partial charge in [0.25, 0.3) is 0 Å². The second kappa shape index (κ2) is 5.66. The molecule has 2 rings (SSSR count). The van der Waals surface area contributed by atoms with Crippen molar-refractivity contribution in [3.8, 4) is 11.5 Å². The van der Waals surface area contributed by atoms with Crippen LogP contribution in [0.4, 0.5) is 0 Å². The van der Waals surface area contributed by atoms with Crippen molar-refractivity contribution < 1.29 is 9.84 Å². The van der Waals surface area contributed by atoms with Crippen LogP contribution in [-0.2, 0) is 5.60 Å². The molecule has 0 aromatic heterocycles. The molecule has 0 saturated heterocycles. The summed E-state index contributed by atoms with van der Waals surface area (Å²) in [6.45, 7) is 9.64. The van der Waals surface area contributed by atoms with Crippen LogP contribution in [0, 0.1) is 6.92 Å². The maximum Gasteiger partial charge on any atom is 0.170 e. The Morgan fingerprint density at radius 3 is 2.25 bits per heavy atom. The molecule has 0 atom stereocenters. The molecule has 0 aliphatic heterocycles. The minimum absolute atomic E-state index is 0.220. The molecule has 2 nitrogen and oxygen atoms in total. The summed E-state index contributed by atoms with van der Waals surface area (Å²) in [5.41, 5.74) is 1.02. The number of hydrogen-bond acceptors (Lipinski definition) is 2. The second-order valence-electron chi connectivity index (χ2n) is 4.62.